The number of nitrogens with one attached hydrogen (secondary N) is 1. The zero-order valence-corrected chi connectivity index (χ0v) is 8.10. The van der Waals surface area contributed by atoms with E-state index < -0.39 is 5.97 Å². The molecule has 78 valence electrons. The van der Waals surface area contributed by atoms with Crippen LogP contribution >= 0.6 is 0 Å². The summed E-state index contributed by atoms with van der Waals surface area (Å²) >= 11 is 0. The second-order valence-electron chi connectivity index (χ2n) is 3.78. The smallest absolute Gasteiger partial charge is 0.333 e. The van der Waals surface area contributed by atoms with E-state index in [1.165, 1.54) is 0 Å². The second kappa shape index (κ2) is 2.87. The summed E-state index contributed by atoms with van der Waals surface area (Å²) in [6.07, 6.45) is 5.87. The number of rotatable bonds is 1. The molecule has 0 saturated carbocycles. The van der Waals surface area contributed by atoms with Crippen LogP contribution in [0.5, 0.6) is 0 Å². The van der Waals surface area contributed by atoms with Crippen molar-refractivity contribution in [3.63, 3.8) is 0 Å². The number of carboxylic acid groups (broad SMARTS) is 1. The van der Waals surface area contributed by atoms with Gasteiger partial charge in [-0.15, -0.1) is 0 Å². The summed E-state index contributed by atoms with van der Waals surface area (Å²) in [5, 5.41) is 16.2. The molecule has 2 N–H and O–H groups in total. The van der Waals surface area contributed by atoms with Crippen LogP contribution in [-0.4, -0.2) is 40.7 Å². The average Bonchev–Trinajstić information content (AvgIpc) is 2.75. The van der Waals surface area contributed by atoms with Gasteiger partial charge < -0.3 is 10.4 Å². The molecule has 0 aromatic heterocycles. The van der Waals surface area contributed by atoms with Crippen LogP contribution in [0.4, 0.5) is 0 Å². The Morgan fingerprint density at radius 3 is 3.20 bits per heavy atom. The summed E-state index contributed by atoms with van der Waals surface area (Å²) in [6, 6.07) is 0. The summed E-state index contributed by atoms with van der Waals surface area (Å²) in [4.78, 5) is 10.8. The summed E-state index contributed by atoms with van der Waals surface area (Å²) < 4.78 is 0. The third kappa shape index (κ3) is 1.16. The summed E-state index contributed by atoms with van der Waals surface area (Å²) in [5.41, 5.74) is 1.49. The monoisotopic (exact) mass is 205 g/mol. The van der Waals surface area contributed by atoms with Crippen LogP contribution in [0, 0.1) is 0 Å². The van der Waals surface area contributed by atoms with Gasteiger partial charge in [0.1, 0.15) is 5.82 Å². The van der Waals surface area contributed by atoms with E-state index in [2.05, 4.69) is 16.4 Å². The highest BCUT2D eigenvalue weighted by atomic mass is 16.4. The average molecular weight is 205 g/mol. The minimum atomic E-state index is -0.841. The molecule has 3 aliphatic rings. The largest absolute Gasteiger partial charge is 0.478 e. The Kier molecular flexibility index (Phi) is 1.63. The van der Waals surface area contributed by atoms with Crippen molar-refractivity contribution in [1.82, 2.24) is 15.3 Å². The molecule has 0 aliphatic carbocycles. The maximum atomic E-state index is 10.8. The van der Waals surface area contributed by atoms with Crippen molar-refractivity contribution < 1.29 is 9.90 Å². The fourth-order valence-corrected chi connectivity index (χ4v) is 2.11. The van der Waals surface area contributed by atoms with Gasteiger partial charge in [0.05, 0.1) is 5.57 Å². The van der Waals surface area contributed by atoms with Crippen molar-refractivity contribution in [3.05, 3.63) is 35.3 Å². The quantitative estimate of drug-likeness (QED) is 0.624. The fourth-order valence-electron chi connectivity index (χ4n) is 2.11. The number of dihydropyridines is 1. The number of carboxylic acids is 1. The number of fused-ring (bicyclic) bond motifs is 2. The third-order valence-electron chi connectivity index (χ3n) is 2.82. The predicted molar refractivity (Wildman–Crippen MR) is 53.3 cm³/mol. The highest BCUT2D eigenvalue weighted by Crippen LogP contribution is 2.28. The van der Waals surface area contributed by atoms with Crippen LogP contribution < -0.4 is 5.32 Å². The molecule has 3 heterocycles. The Balaban J connectivity index is 1.95. The molecule has 3 aliphatic heterocycles. The first-order valence-electron chi connectivity index (χ1n) is 4.87. The Bertz CT molecular complexity index is 422. The SMILES string of the molecule is O=C(O)C1=CC2=C(NC1)N1C=CCN1C2. The summed E-state index contributed by atoms with van der Waals surface area (Å²) in [6.45, 7) is 2.07. The maximum absolute atomic E-state index is 10.8. The summed E-state index contributed by atoms with van der Waals surface area (Å²) in [5.74, 6) is 0.181. The molecule has 0 radical (unpaired) electrons. The molecule has 0 aromatic rings. The Morgan fingerprint density at radius 1 is 1.53 bits per heavy atom. The van der Waals surface area contributed by atoms with Gasteiger partial charge in [0, 0.05) is 31.4 Å². The number of hydrazine groups is 1. The molecule has 0 unspecified atom stereocenters. The molecular formula is C10H11N3O2. The molecule has 0 atom stereocenters. The molecular weight excluding hydrogens is 194 g/mol. The number of hydrogen-bond acceptors (Lipinski definition) is 4. The van der Waals surface area contributed by atoms with Gasteiger partial charge in [-0.1, -0.05) is 6.08 Å². The van der Waals surface area contributed by atoms with Gasteiger partial charge >= 0.3 is 5.97 Å². The first kappa shape index (κ1) is 8.55. The standard InChI is InChI=1S/C10H11N3O2/c14-10(15)7-4-8-6-12-2-1-3-13(12)9(8)11-5-7/h1,3-4,11H,2,5-6H2,(H,14,15). The fraction of sp³-hybridized carbons (Fsp3) is 0.300. The van der Waals surface area contributed by atoms with Crippen molar-refractivity contribution in [2.24, 2.45) is 0 Å². The maximum Gasteiger partial charge on any atom is 0.333 e. The van der Waals surface area contributed by atoms with Crippen LogP contribution in [0.2, 0.25) is 0 Å². The summed E-state index contributed by atoms with van der Waals surface area (Å²) in [7, 11) is 0. The molecule has 0 spiro atoms. The molecule has 0 amide bonds. The van der Waals surface area contributed by atoms with Gasteiger partial charge in [0.25, 0.3) is 0 Å². The molecule has 15 heavy (non-hydrogen) atoms. The Hall–Kier alpha value is -1.75. The number of nitrogens with zero attached hydrogens (tertiary/aromatic N) is 2. The molecule has 5 nitrogen and oxygen atoms in total. The van der Waals surface area contributed by atoms with E-state index in [9.17, 15) is 4.79 Å². The van der Waals surface area contributed by atoms with Crippen LogP contribution in [0.1, 0.15) is 0 Å². The van der Waals surface area contributed by atoms with E-state index in [-0.39, 0.29) is 0 Å². The molecule has 0 saturated heterocycles. The zero-order chi connectivity index (χ0) is 10.4. The highest BCUT2D eigenvalue weighted by Gasteiger charge is 2.32. The molecule has 0 aromatic carbocycles. The number of hydrogen-bond donors (Lipinski definition) is 2. The lowest BCUT2D eigenvalue weighted by atomic mass is 10.1. The van der Waals surface area contributed by atoms with E-state index in [0.717, 1.165) is 24.5 Å². The first-order valence-corrected chi connectivity index (χ1v) is 4.87. The van der Waals surface area contributed by atoms with Gasteiger partial charge in [-0.3, -0.25) is 5.01 Å². The zero-order valence-electron chi connectivity index (χ0n) is 8.10. The van der Waals surface area contributed by atoms with Gasteiger partial charge in [0.2, 0.25) is 0 Å². The second-order valence-corrected chi connectivity index (χ2v) is 3.78. The Morgan fingerprint density at radius 2 is 2.40 bits per heavy atom. The van der Waals surface area contributed by atoms with Crippen molar-refractivity contribution >= 4 is 5.97 Å². The third-order valence-corrected chi connectivity index (χ3v) is 2.82. The van der Waals surface area contributed by atoms with E-state index in [1.807, 2.05) is 11.2 Å². The molecule has 0 fully saturated rings. The molecule has 5 heteroatoms. The van der Waals surface area contributed by atoms with E-state index in [0.29, 0.717) is 12.1 Å². The van der Waals surface area contributed by atoms with Crippen molar-refractivity contribution in [1.29, 1.82) is 0 Å². The topological polar surface area (TPSA) is 55.8 Å². The Labute approximate surface area is 86.9 Å². The minimum absolute atomic E-state index is 0.395. The molecule has 0 bridgehead atoms. The minimum Gasteiger partial charge on any atom is -0.478 e. The van der Waals surface area contributed by atoms with Crippen LogP contribution in [0.15, 0.2) is 35.3 Å². The lowest BCUT2D eigenvalue weighted by Crippen LogP contribution is -2.34. The van der Waals surface area contributed by atoms with Crippen molar-refractivity contribution in [2.45, 2.75) is 0 Å². The lowest BCUT2D eigenvalue weighted by Gasteiger charge is -2.24. The lowest BCUT2D eigenvalue weighted by molar-refractivity contribution is -0.132. The first-order chi connectivity index (χ1) is 7.25. The van der Waals surface area contributed by atoms with Gasteiger partial charge in [-0.25, -0.2) is 9.80 Å². The van der Waals surface area contributed by atoms with Crippen molar-refractivity contribution in [3.8, 4) is 0 Å². The normalized spacial score (nSPS) is 23.7. The highest BCUT2D eigenvalue weighted by molar-refractivity contribution is 5.88. The molecule has 3 rings (SSSR count). The van der Waals surface area contributed by atoms with E-state index >= 15 is 0 Å². The van der Waals surface area contributed by atoms with Crippen LogP contribution in [0.3, 0.4) is 0 Å². The van der Waals surface area contributed by atoms with E-state index in [1.54, 1.807) is 6.08 Å². The predicted octanol–water partition coefficient (Wildman–Crippen LogP) is -0.128. The van der Waals surface area contributed by atoms with Gasteiger partial charge in [-0.2, -0.15) is 0 Å². The van der Waals surface area contributed by atoms with Crippen LogP contribution in [0.25, 0.3) is 0 Å². The van der Waals surface area contributed by atoms with Gasteiger partial charge in [-0.05, 0) is 6.08 Å². The van der Waals surface area contributed by atoms with Gasteiger partial charge in [0.15, 0.2) is 0 Å². The van der Waals surface area contributed by atoms with E-state index in [4.69, 9.17) is 5.11 Å². The number of aliphatic carboxylic acids is 1. The van der Waals surface area contributed by atoms with Crippen molar-refractivity contribution in [2.75, 3.05) is 19.6 Å². The number of carbonyl (C=O) groups is 1. The van der Waals surface area contributed by atoms with Crippen LogP contribution in [-0.2, 0) is 4.79 Å².